The summed E-state index contributed by atoms with van der Waals surface area (Å²) >= 11 is 0. The van der Waals surface area contributed by atoms with Gasteiger partial charge in [-0.3, -0.25) is 14.4 Å². The highest BCUT2D eigenvalue weighted by Gasteiger charge is 2.37. The predicted octanol–water partition coefficient (Wildman–Crippen LogP) is 3.53. The monoisotopic (exact) mass is 424 g/mol. The first-order valence-corrected chi connectivity index (χ1v) is 10.2. The van der Waals surface area contributed by atoms with Crippen LogP contribution < -0.4 is 15.0 Å². The van der Waals surface area contributed by atoms with Crippen molar-refractivity contribution in [3.8, 4) is 5.75 Å². The number of carbonyl (C=O) groups excluding carboxylic acids is 3. The van der Waals surface area contributed by atoms with E-state index in [2.05, 4.69) is 26.1 Å². The van der Waals surface area contributed by atoms with E-state index in [1.807, 2.05) is 30.3 Å². The van der Waals surface area contributed by atoms with Gasteiger partial charge in [0.2, 0.25) is 5.91 Å². The minimum absolute atomic E-state index is 0.0223. The van der Waals surface area contributed by atoms with Crippen LogP contribution >= 0.6 is 0 Å². The summed E-state index contributed by atoms with van der Waals surface area (Å²) in [4.78, 5) is 38.5. The molecule has 2 aromatic rings. The van der Waals surface area contributed by atoms with Crippen molar-refractivity contribution in [1.82, 2.24) is 0 Å². The molecule has 0 spiro atoms. The predicted molar refractivity (Wildman–Crippen MR) is 118 cm³/mol. The maximum Gasteiger partial charge on any atom is 0.311 e. The molecule has 2 amide bonds. The normalized spacial score (nSPS) is 16.2. The molecule has 3 rings (SSSR count). The van der Waals surface area contributed by atoms with Crippen molar-refractivity contribution in [2.75, 3.05) is 30.5 Å². The van der Waals surface area contributed by atoms with E-state index in [1.165, 1.54) is 12.0 Å². The molecular formula is C24H28N2O5. The van der Waals surface area contributed by atoms with Gasteiger partial charge in [-0.2, -0.15) is 0 Å². The Labute approximate surface area is 182 Å². The number of anilines is 2. The minimum Gasteiger partial charge on any atom is -0.495 e. The van der Waals surface area contributed by atoms with Crippen molar-refractivity contribution in [1.29, 1.82) is 0 Å². The summed E-state index contributed by atoms with van der Waals surface area (Å²) in [5, 5.41) is 2.71. The molecule has 1 heterocycles. The summed E-state index contributed by atoms with van der Waals surface area (Å²) in [6.45, 7) is 6.13. The molecule has 0 unspecified atom stereocenters. The van der Waals surface area contributed by atoms with Crippen LogP contribution in [0.3, 0.4) is 0 Å². The number of ether oxygens (including phenoxy) is 2. The number of esters is 1. The third kappa shape index (κ3) is 5.42. The standard InChI is InChI=1S/C24H28N2O5/c1-24(2,3)17-9-11-18(12-10-17)25-21(27)15-31-23(29)16-13-22(28)26(14-16)19-7-5-6-8-20(19)30-4/h5-12,16H,13-15H2,1-4H3,(H,25,27)/t16-/m1/s1. The van der Waals surface area contributed by atoms with E-state index < -0.39 is 24.4 Å². The summed E-state index contributed by atoms with van der Waals surface area (Å²) in [5.74, 6) is -1.25. The van der Waals surface area contributed by atoms with Crippen LogP contribution in [0, 0.1) is 5.92 Å². The van der Waals surface area contributed by atoms with E-state index in [4.69, 9.17) is 9.47 Å². The molecule has 2 aromatic carbocycles. The lowest BCUT2D eigenvalue weighted by Gasteiger charge is -2.19. The van der Waals surface area contributed by atoms with Crippen molar-refractivity contribution >= 4 is 29.2 Å². The smallest absolute Gasteiger partial charge is 0.311 e. The lowest BCUT2D eigenvalue weighted by molar-refractivity contribution is -0.151. The van der Waals surface area contributed by atoms with Crippen LogP contribution in [-0.2, 0) is 24.5 Å². The molecule has 0 aromatic heterocycles. The first kappa shape index (κ1) is 22.3. The zero-order chi connectivity index (χ0) is 22.6. The van der Waals surface area contributed by atoms with Crippen molar-refractivity contribution < 1.29 is 23.9 Å². The number of rotatable bonds is 6. The molecule has 1 N–H and O–H groups in total. The molecule has 1 atom stereocenters. The zero-order valence-corrected chi connectivity index (χ0v) is 18.3. The third-order valence-electron chi connectivity index (χ3n) is 5.21. The largest absolute Gasteiger partial charge is 0.495 e. The Morgan fingerprint density at radius 2 is 1.77 bits per heavy atom. The molecular weight excluding hydrogens is 396 g/mol. The van der Waals surface area contributed by atoms with Crippen LogP contribution in [0.15, 0.2) is 48.5 Å². The fourth-order valence-electron chi connectivity index (χ4n) is 3.46. The highest BCUT2D eigenvalue weighted by Crippen LogP contribution is 2.33. The quantitative estimate of drug-likeness (QED) is 0.717. The number of hydrogen-bond donors (Lipinski definition) is 1. The van der Waals surface area contributed by atoms with Gasteiger partial charge < -0.3 is 19.7 Å². The lowest BCUT2D eigenvalue weighted by Crippen LogP contribution is -2.28. The van der Waals surface area contributed by atoms with Crippen molar-refractivity contribution in [2.45, 2.75) is 32.6 Å². The maximum absolute atomic E-state index is 12.4. The van der Waals surface area contributed by atoms with Crippen LogP contribution in [-0.4, -0.2) is 38.0 Å². The van der Waals surface area contributed by atoms with Crippen LogP contribution in [0.1, 0.15) is 32.8 Å². The van der Waals surface area contributed by atoms with Gasteiger partial charge in [0, 0.05) is 18.7 Å². The molecule has 31 heavy (non-hydrogen) atoms. The Morgan fingerprint density at radius 3 is 2.42 bits per heavy atom. The zero-order valence-electron chi connectivity index (χ0n) is 18.3. The number of benzene rings is 2. The molecule has 7 nitrogen and oxygen atoms in total. The second-order valence-corrected chi connectivity index (χ2v) is 8.56. The van der Waals surface area contributed by atoms with E-state index >= 15 is 0 Å². The average Bonchev–Trinajstić information content (AvgIpc) is 3.13. The minimum atomic E-state index is -0.628. The molecule has 7 heteroatoms. The van der Waals surface area contributed by atoms with Gasteiger partial charge in [0.25, 0.3) is 5.91 Å². The second-order valence-electron chi connectivity index (χ2n) is 8.56. The van der Waals surface area contributed by atoms with Crippen molar-refractivity contribution in [3.63, 3.8) is 0 Å². The summed E-state index contributed by atoms with van der Waals surface area (Å²) < 4.78 is 10.5. The average molecular weight is 424 g/mol. The molecule has 1 fully saturated rings. The highest BCUT2D eigenvalue weighted by molar-refractivity contribution is 6.01. The number of carbonyl (C=O) groups is 3. The fourth-order valence-corrected chi connectivity index (χ4v) is 3.46. The fraction of sp³-hybridized carbons (Fsp3) is 0.375. The van der Waals surface area contributed by atoms with E-state index in [9.17, 15) is 14.4 Å². The van der Waals surface area contributed by atoms with Gasteiger partial charge in [-0.25, -0.2) is 0 Å². The Bertz CT molecular complexity index is 963. The highest BCUT2D eigenvalue weighted by atomic mass is 16.5. The van der Waals surface area contributed by atoms with Gasteiger partial charge in [-0.05, 0) is 35.2 Å². The number of methoxy groups -OCH3 is 1. The molecule has 0 saturated carbocycles. The number of hydrogen-bond acceptors (Lipinski definition) is 5. The van der Waals surface area contributed by atoms with Crippen LogP contribution in [0.2, 0.25) is 0 Å². The second kappa shape index (κ2) is 9.20. The molecule has 1 saturated heterocycles. The molecule has 0 bridgehead atoms. The third-order valence-corrected chi connectivity index (χ3v) is 5.21. The molecule has 0 radical (unpaired) electrons. The molecule has 1 aliphatic rings. The van der Waals surface area contributed by atoms with E-state index in [0.717, 1.165) is 5.56 Å². The van der Waals surface area contributed by atoms with Gasteiger partial charge in [0.1, 0.15) is 5.75 Å². The summed E-state index contributed by atoms with van der Waals surface area (Å²) in [7, 11) is 1.53. The first-order valence-electron chi connectivity index (χ1n) is 10.2. The van der Waals surface area contributed by atoms with Gasteiger partial charge in [0.05, 0.1) is 18.7 Å². The van der Waals surface area contributed by atoms with Crippen LogP contribution in [0.25, 0.3) is 0 Å². The van der Waals surface area contributed by atoms with E-state index in [0.29, 0.717) is 17.1 Å². The topological polar surface area (TPSA) is 84.9 Å². The van der Waals surface area contributed by atoms with Gasteiger partial charge in [0.15, 0.2) is 6.61 Å². The summed E-state index contributed by atoms with van der Waals surface area (Å²) in [6.07, 6.45) is 0.0345. The first-order chi connectivity index (χ1) is 14.7. The van der Waals surface area contributed by atoms with E-state index in [-0.39, 0.29) is 24.3 Å². The maximum atomic E-state index is 12.4. The number of amides is 2. The Balaban J connectivity index is 1.53. The van der Waals surface area contributed by atoms with Crippen molar-refractivity contribution in [2.24, 2.45) is 5.92 Å². The summed E-state index contributed by atoms with van der Waals surface area (Å²) in [6, 6.07) is 14.7. The molecule has 1 aliphatic heterocycles. The van der Waals surface area contributed by atoms with Crippen molar-refractivity contribution in [3.05, 3.63) is 54.1 Å². The SMILES string of the molecule is COc1ccccc1N1C[C@H](C(=O)OCC(=O)Nc2ccc(C(C)(C)C)cc2)CC1=O. The van der Waals surface area contributed by atoms with Crippen LogP contribution in [0.5, 0.6) is 5.75 Å². The Hall–Kier alpha value is -3.35. The summed E-state index contributed by atoms with van der Waals surface area (Å²) in [5.41, 5.74) is 2.42. The van der Waals surface area contributed by atoms with E-state index in [1.54, 1.807) is 18.2 Å². The lowest BCUT2D eigenvalue weighted by atomic mass is 9.87. The van der Waals surface area contributed by atoms with Gasteiger partial charge in [-0.1, -0.05) is 45.0 Å². The van der Waals surface area contributed by atoms with Crippen LogP contribution in [0.4, 0.5) is 11.4 Å². The van der Waals surface area contributed by atoms with Gasteiger partial charge in [-0.15, -0.1) is 0 Å². The molecule has 164 valence electrons. The van der Waals surface area contributed by atoms with Gasteiger partial charge >= 0.3 is 5.97 Å². The number of nitrogens with one attached hydrogen (secondary N) is 1. The Morgan fingerprint density at radius 1 is 1.10 bits per heavy atom. The number of para-hydroxylation sites is 2. The molecule has 0 aliphatic carbocycles. The Kier molecular flexibility index (Phi) is 6.63. The number of nitrogens with zero attached hydrogens (tertiary/aromatic N) is 1.